The van der Waals surface area contributed by atoms with Gasteiger partial charge in [-0.25, -0.2) is 9.97 Å². The second-order valence-electron chi connectivity index (χ2n) is 6.89. The van der Waals surface area contributed by atoms with Crippen molar-refractivity contribution in [1.29, 1.82) is 0 Å². The zero-order chi connectivity index (χ0) is 16.4. The number of carbonyl (C=O) groups is 1. The van der Waals surface area contributed by atoms with Crippen LogP contribution in [0.3, 0.4) is 0 Å². The van der Waals surface area contributed by atoms with E-state index in [4.69, 9.17) is 0 Å². The lowest BCUT2D eigenvalue weighted by molar-refractivity contribution is 0.0703. The summed E-state index contributed by atoms with van der Waals surface area (Å²) in [7, 11) is 0. The molecule has 0 radical (unpaired) electrons. The Bertz CT molecular complexity index is 686. The Morgan fingerprint density at radius 2 is 1.92 bits per heavy atom. The van der Waals surface area contributed by atoms with E-state index < -0.39 is 0 Å². The molecule has 2 aliphatic rings. The van der Waals surface area contributed by atoms with Crippen LogP contribution < -0.4 is 0 Å². The zero-order valence-electron chi connectivity index (χ0n) is 13.8. The van der Waals surface area contributed by atoms with Crippen LogP contribution in [-0.4, -0.2) is 43.4 Å². The lowest BCUT2D eigenvalue weighted by atomic mass is 9.85. The van der Waals surface area contributed by atoms with Gasteiger partial charge in [-0.2, -0.15) is 0 Å². The standard InChI is InChI=1S/C18H23N5O/c24-18(16-12-19-6-7-20-16)22-9-4-15(5-10-22)17-21-8-11-23(17)13-14-2-1-3-14/h6-8,11-12,14-15H,1-5,9-10,13H2. The molecule has 2 fully saturated rings. The van der Waals surface area contributed by atoms with Crippen molar-refractivity contribution in [3.63, 3.8) is 0 Å². The fourth-order valence-electron chi connectivity index (χ4n) is 3.70. The third-order valence-corrected chi connectivity index (χ3v) is 5.36. The van der Waals surface area contributed by atoms with Crippen molar-refractivity contribution in [2.45, 2.75) is 44.6 Å². The molecular formula is C18H23N5O. The van der Waals surface area contributed by atoms with Gasteiger partial charge in [0.05, 0.1) is 6.20 Å². The van der Waals surface area contributed by atoms with Crippen LogP contribution in [0.1, 0.15) is 54.3 Å². The van der Waals surface area contributed by atoms with Gasteiger partial charge in [-0.3, -0.25) is 9.78 Å². The van der Waals surface area contributed by atoms with Crippen molar-refractivity contribution < 1.29 is 4.79 Å². The number of aromatic nitrogens is 4. The molecule has 0 N–H and O–H groups in total. The number of rotatable bonds is 4. The largest absolute Gasteiger partial charge is 0.337 e. The van der Waals surface area contributed by atoms with E-state index in [-0.39, 0.29) is 5.91 Å². The Kier molecular flexibility index (Phi) is 4.28. The maximum Gasteiger partial charge on any atom is 0.274 e. The molecule has 2 aromatic heterocycles. The second-order valence-corrected chi connectivity index (χ2v) is 6.89. The van der Waals surface area contributed by atoms with E-state index in [1.165, 1.54) is 25.1 Å². The monoisotopic (exact) mass is 325 g/mol. The Balaban J connectivity index is 1.38. The first kappa shape index (κ1) is 15.3. The van der Waals surface area contributed by atoms with Crippen LogP contribution in [0.5, 0.6) is 0 Å². The smallest absolute Gasteiger partial charge is 0.274 e. The van der Waals surface area contributed by atoms with Crippen LogP contribution in [0.15, 0.2) is 31.0 Å². The highest BCUT2D eigenvalue weighted by molar-refractivity contribution is 5.92. The van der Waals surface area contributed by atoms with Crippen molar-refractivity contribution in [1.82, 2.24) is 24.4 Å². The minimum absolute atomic E-state index is 0.0145. The summed E-state index contributed by atoms with van der Waals surface area (Å²) in [6, 6.07) is 0. The summed E-state index contributed by atoms with van der Waals surface area (Å²) in [5.74, 6) is 2.47. The highest BCUT2D eigenvalue weighted by Gasteiger charge is 2.28. The molecule has 1 saturated heterocycles. The fraction of sp³-hybridized carbons (Fsp3) is 0.556. The van der Waals surface area contributed by atoms with E-state index >= 15 is 0 Å². The quantitative estimate of drug-likeness (QED) is 0.866. The van der Waals surface area contributed by atoms with Gasteiger partial charge >= 0.3 is 0 Å². The molecule has 0 atom stereocenters. The Labute approximate surface area is 141 Å². The maximum absolute atomic E-state index is 12.5. The van der Waals surface area contributed by atoms with Gasteiger partial charge in [-0.15, -0.1) is 0 Å². The van der Waals surface area contributed by atoms with E-state index in [0.717, 1.165) is 38.4 Å². The molecule has 0 spiro atoms. The normalized spacial score (nSPS) is 19.2. The van der Waals surface area contributed by atoms with Gasteiger partial charge in [0.15, 0.2) is 0 Å². The Hall–Kier alpha value is -2.24. The van der Waals surface area contributed by atoms with E-state index in [9.17, 15) is 4.79 Å². The first-order chi connectivity index (χ1) is 11.8. The molecule has 0 unspecified atom stereocenters. The van der Waals surface area contributed by atoms with Gasteiger partial charge in [0.2, 0.25) is 0 Å². The van der Waals surface area contributed by atoms with Crippen molar-refractivity contribution in [2.24, 2.45) is 5.92 Å². The van der Waals surface area contributed by atoms with Crippen LogP contribution in [0, 0.1) is 5.92 Å². The predicted octanol–water partition coefficient (Wildman–Crippen LogP) is 2.49. The second kappa shape index (κ2) is 6.71. The molecule has 1 aliphatic carbocycles. The average molecular weight is 325 g/mol. The van der Waals surface area contributed by atoms with Gasteiger partial charge in [-0.05, 0) is 31.6 Å². The van der Waals surface area contributed by atoms with Crippen LogP contribution in [0.25, 0.3) is 0 Å². The van der Waals surface area contributed by atoms with Crippen molar-refractivity contribution in [3.05, 3.63) is 42.5 Å². The summed E-state index contributed by atoms with van der Waals surface area (Å²) in [6.45, 7) is 2.63. The molecule has 6 nitrogen and oxygen atoms in total. The predicted molar refractivity (Wildman–Crippen MR) is 89.5 cm³/mol. The highest BCUT2D eigenvalue weighted by Crippen LogP contribution is 2.31. The summed E-state index contributed by atoms with van der Waals surface area (Å²) in [5.41, 5.74) is 0.433. The third-order valence-electron chi connectivity index (χ3n) is 5.36. The Morgan fingerprint density at radius 3 is 2.58 bits per heavy atom. The minimum Gasteiger partial charge on any atom is -0.337 e. The number of hydrogen-bond acceptors (Lipinski definition) is 4. The SMILES string of the molecule is O=C(c1cnccn1)N1CCC(c2nccn2CC2CCC2)CC1. The van der Waals surface area contributed by atoms with Crippen LogP contribution in [0.2, 0.25) is 0 Å². The summed E-state index contributed by atoms with van der Waals surface area (Å²) in [4.78, 5) is 27.1. The molecule has 3 heterocycles. The number of likely N-dealkylation sites (tertiary alicyclic amines) is 1. The summed E-state index contributed by atoms with van der Waals surface area (Å²) in [6.07, 6.45) is 14.7. The van der Waals surface area contributed by atoms with Gasteiger partial charge in [-0.1, -0.05) is 6.42 Å². The number of amides is 1. The molecular weight excluding hydrogens is 302 g/mol. The van der Waals surface area contributed by atoms with Crippen molar-refractivity contribution in [2.75, 3.05) is 13.1 Å². The molecule has 1 amide bonds. The maximum atomic E-state index is 12.5. The lowest BCUT2D eigenvalue weighted by Gasteiger charge is -2.32. The molecule has 4 rings (SSSR count). The van der Waals surface area contributed by atoms with Gasteiger partial charge in [0, 0.05) is 50.3 Å². The molecule has 0 aromatic carbocycles. The first-order valence-corrected chi connectivity index (χ1v) is 8.87. The number of piperidine rings is 1. The topological polar surface area (TPSA) is 63.9 Å². The van der Waals surface area contributed by atoms with Gasteiger partial charge in [0.1, 0.15) is 11.5 Å². The van der Waals surface area contributed by atoms with E-state index in [1.807, 2.05) is 11.1 Å². The number of imidazole rings is 1. The number of carbonyl (C=O) groups excluding carboxylic acids is 1. The summed E-state index contributed by atoms with van der Waals surface area (Å²) >= 11 is 0. The summed E-state index contributed by atoms with van der Waals surface area (Å²) < 4.78 is 2.34. The molecule has 2 aromatic rings. The fourth-order valence-corrected chi connectivity index (χ4v) is 3.70. The zero-order valence-corrected chi connectivity index (χ0v) is 13.8. The molecule has 126 valence electrons. The van der Waals surface area contributed by atoms with Crippen molar-refractivity contribution >= 4 is 5.91 Å². The lowest BCUT2D eigenvalue weighted by Crippen LogP contribution is -2.38. The molecule has 1 aliphatic heterocycles. The number of nitrogens with zero attached hydrogens (tertiary/aromatic N) is 5. The minimum atomic E-state index is -0.0145. The summed E-state index contributed by atoms with van der Waals surface area (Å²) in [5, 5.41) is 0. The van der Waals surface area contributed by atoms with Crippen LogP contribution >= 0.6 is 0 Å². The van der Waals surface area contributed by atoms with Crippen LogP contribution in [0.4, 0.5) is 0 Å². The first-order valence-electron chi connectivity index (χ1n) is 8.87. The van der Waals surface area contributed by atoms with Crippen molar-refractivity contribution in [3.8, 4) is 0 Å². The van der Waals surface area contributed by atoms with E-state index in [2.05, 4.69) is 25.7 Å². The molecule has 24 heavy (non-hydrogen) atoms. The van der Waals surface area contributed by atoms with Crippen LogP contribution in [-0.2, 0) is 6.54 Å². The third kappa shape index (κ3) is 3.05. The van der Waals surface area contributed by atoms with E-state index in [0.29, 0.717) is 11.6 Å². The highest BCUT2D eigenvalue weighted by atomic mass is 16.2. The number of hydrogen-bond donors (Lipinski definition) is 0. The molecule has 1 saturated carbocycles. The average Bonchev–Trinajstić information content (AvgIpc) is 3.07. The molecule has 0 bridgehead atoms. The van der Waals surface area contributed by atoms with E-state index in [1.54, 1.807) is 18.6 Å². The van der Waals surface area contributed by atoms with Gasteiger partial charge in [0.25, 0.3) is 5.91 Å². The van der Waals surface area contributed by atoms with Gasteiger partial charge < -0.3 is 9.47 Å². The molecule has 6 heteroatoms. The Morgan fingerprint density at radius 1 is 1.08 bits per heavy atom.